The van der Waals surface area contributed by atoms with Crippen molar-refractivity contribution in [2.75, 3.05) is 5.32 Å². The summed E-state index contributed by atoms with van der Waals surface area (Å²) in [5.74, 6) is 0.104. The van der Waals surface area contributed by atoms with Gasteiger partial charge in [0.15, 0.2) is 6.10 Å². The fourth-order valence-corrected chi connectivity index (χ4v) is 2.12. The minimum Gasteiger partial charge on any atom is -0.479 e. The van der Waals surface area contributed by atoms with E-state index in [9.17, 15) is 13.2 Å². The van der Waals surface area contributed by atoms with E-state index in [2.05, 4.69) is 5.32 Å². The van der Waals surface area contributed by atoms with E-state index < -0.39 is 15.2 Å². The second kappa shape index (κ2) is 3.64. The number of benzene rings is 1. The number of hydrogen-bond acceptors (Lipinski definition) is 4. The van der Waals surface area contributed by atoms with Crippen LogP contribution in [0.1, 0.15) is 6.92 Å². The molecule has 1 aromatic carbocycles. The van der Waals surface area contributed by atoms with Crippen molar-refractivity contribution in [1.82, 2.24) is 0 Å². The number of anilines is 1. The first-order chi connectivity index (χ1) is 7.38. The molecule has 1 unspecified atom stereocenters. The van der Waals surface area contributed by atoms with Crippen LogP contribution in [0.4, 0.5) is 5.69 Å². The average molecular weight is 262 g/mol. The van der Waals surface area contributed by atoms with Gasteiger partial charge in [0, 0.05) is 10.7 Å². The number of amides is 1. The first-order valence-corrected chi connectivity index (χ1v) is 6.75. The SMILES string of the molecule is CC1Oc2ccc(S(=O)(=O)Cl)cc2NC1=O. The summed E-state index contributed by atoms with van der Waals surface area (Å²) < 4.78 is 27.4. The van der Waals surface area contributed by atoms with Crippen molar-refractivity contribution in [1.29, 1.82) is 0 Å². The molecule has 0 bridgehead atoms. The Kier molecular flexibility index (Phi) is 2.55. The normalized spacial score (nSPS) is 19.6. The highest BCUT2D eigenvalue weighted by atomic mass is 35.7. The van der Waals surface area contributed by atoms with Crippen LogP contribution in [0.15, 0.2) is 23.1 Å². The van der Waals surface area contributed by atoms with Crippen molar-refractivity contribution in [2.24, 2.45) is 0 Å². The van der Waals surface area contributed by atoms with E-state index in [1.165, 1.54) is 18.2 Å². The third-order valence-electron chi connectivity index (χ3n) is 2.16. The molecule has 86 valence electrons. The lowest BCUT2D eigenvalue weighted by Gasteiger charge is -2.23. The fraction of sp³-hybridized carbons (Fsp3) is 0.222. The van der Waals surface area contributed by atoms with Crippen molar-refractivity contribution in [2.45, 2.75) is 17.9 Å². The van der Waals surface area contributed by atoms with Crippen LogP contribution in [0, 0.1) is 0 Å². The summed E-state index contributed by atoms with van der Waals surface area (Å²) in [6, 6.07) is 4.05. The van der Waals surface area contributed by atoms with Crippen LogP contribution in [-0.4, -0.2) is 20.4 Å². The molecule has 1 aromatic rings. The van der Waals surface area contributed by atoms with E-state index in [1.54, 1.807) is 6.92 Å². The molecule has 5 nitrogen and oxygen atoms in total. The van der Waals surface area contributed by atoms with Crippen LogP contribution in [-0.2, 0) is 13.8 Å². The Morgan fingerprint density at radius 3 is 2.75 bits per heavy atom. The lowest BCUT2D eigenvalue weighted by Crippen LogP contribution is -2.34. The highest BCUT2D eigenvalue weighted by Gasteiger charge is 2.24. The van der Waals surface area contributed by atoms with Crippen molar-refractivity contribution in [3.63, 3.8) is 0 Å². The van der Waals surface area contributed by atoms with Crippen LogP contribution in [0.2, 0.25) is 0 Å². The van der Waals surface area contributed by atoms with Crippen molar-refractivity contribution < 1.29 is 17.9 Å². The smallest absolute Gasteiger partial charge is 0.265 e. The highest BCUT2D eigenvalue weighted by Crippen LogP contribution is 2.32. The maximum atomic E-state index is 11.3. The number of carbonyl (C=O) groups is 1. The molecule has 0 saturated heterocycles. The van der Waals surface area contributed by atoms with Crippen LogP contribution < -0.4 is 10.1 Å². The molecule has 1 amide bonds. The summed E-state index contributed by atoms with van der Waals surface area (Å²) in [5.41, 5.74) is 0.310. The molecule has 0 radical (unpaired) electrons. The molecule has 7 heteroatoms. The summed E-state index contributed by atoms with van der Waals surface area (Å²) in [5, 5.41) is 2.54. The van der Waals surface area contributed by atoms with Gasteiger partial charge in [0.05, 0.1) is 10.6 Å². The van der Waals surface area contributed by atoms with Gasteiger partial charge in [0.1, 0.15) is 5.75 Å². The van der Waals surface area contributed by atoms with Gasteiger partial charge in [-0.1, -0.05) is 0 Å². The molecular formula is C9H8ClNO4S. The van der Waals surface area contributed by atoms with Gasteiger partial charge in [-0.15, -0.1) is 0 Å². The summed E-state index contributed by atoms with van der Waals surface area (Å²) in [4.78, 5) is 11.2. The molecule has 1 heterocycles. The van der Waals surface area contributed by atoms with Crippen LogP contribution in [0.3, 0.4) is 0 Å². The van der Waals surface area contributed by atoms with E-state index in [0.29, 0.717) is 11.4 Å². The third-order valence-corrected chi connectivity index (χ3v) is 3.51. The summed E-state index contributed by atoms with van der Waals surface area (Å²) in [6.07, 6.45) is -0.592. The Hall–Kier alpha value is -1.27. The van der Waals surface area contributed by atoms with Crippen LogP contribution in [0.5, 0.6) is 5.75 Å². The van der Waals surface area contributed by atoms with Crippen molar-refractivity contribution in [3.05, 3.63) is 18.2 Å². The standard InChI is InChI=1S/C9H8ClNO4S/c1-5-9(12)11-7-4-6(16(10,13)14)2-3-8(7)15-5/h2-5H,1H3,(H,11,12). The van der Waals surface area contributed by atoms with E-state index in [4.69, 9.17) is 15.4 Å². The van der Waals surface area contributed by atoms with Gasteiger partial charge in [-0.25, -0.2) is 8.42 Å². The minimum absolute atomic E-state index is 0.0774. The van der Waals surface area contributed by atoms with Gasteiger partial charge in [0.25, 0.3) is 15.0 Å². The second-order valence-electron chi connectivity index (χ2n) is 3.35. The van der Waals surface area contributed by atoms with Crippen molar-refractivity contribution in [3.8, 4) is 5.75 Å². The Morgan fingerprint density at radius 2 is 2.12 bits per heavy atom. The van der Waals surface area contributed by atoms with Gasteiger partial charge >= 0.3 is 0 Å². The Balaban J connectivity index is 2.48. The number of carbonyl (C=O) groups excluding carboxylic acids is 1. The number of fused-ring (bicyclic) bond motifs is 1. The summed E-state index contributed by atoms with van der Waals surface area (Å²) in [7, 11) is 1.38. The monoisotopic (exact) mass is 261 g/mol. The summed E-state index contributed by atoms with van der Waals surface area (Å²) in [6.45, 7) is 1.60. The topological polar surface area (TPSA) is 72.5 Å². The number of nitrogens with one attached hydrogen (secondary N) is 1. The zero-order valence-corrected chi connectivity index (χ0v) is 9.80. The molecule has 1 aliphatic heterocycles. The largest absolute Gasteiger partial charge is 0.479 e. The van der Waals surface area contributed by atoms with Gasteiger partial charge in [-0.2, -0.15) is 0 Å². The second-order valence-corrected chi connectivity index (χ2v) is 5.91. The Labute approximate surface area is 96.8 Å². The number of hydrogen-bond donors (Lipinski definition) is 1. The van der Waals surface area contributed by atoms with Crippen molar-refractivity contribution >= 4 is 31.3 Å². The highest BCUT2D eigenvalue weighted by molar-refractivity contribution is 8.13. The first-order valence-electron chi connectivity index (χ1n) is 4.44. The Bertz CT molecular complexity index is 555. The Morgan fingerprint density at radius 1 is 1.44 bits per heavy atom. The van der Waals surface area contributed by atoms with E-state index >= 15 is 0 Å². The number of halogens is 1. The number of rotatable bonds is 1. The summed E-state index contributed by atoms with van der Waals surface area (Å²) >= 11 is 0. The van der Waals surface area contributed by atoms with Gasteiger partial charge in [-0.05, 0) is 25.1 Å². The van der Waals surface area contributed by atoms with Crippen LogP contribution in [0.25, 0.3) is 0 Å². The van der Waals surface area contributed by atoms with Crippen LogP contribution >= 0.6 is 10.7 Å². The maximum Gasteiger partial charge on any atom is 0.265 e. The van der Waals surface area contributed by atoms with Gasteiger partial charge in [-0.3, -0.25) is 4.79 Å². The maximum absolute atomic E-state index is 11.3. The molecule has 1 atom stereocenters. The lowest BCUT2D eigenvalue weighted by atomic mass is 10.2. The molecular weight excluding hydrogens is 254 g/mol. The average Bonchev–Trinajstić information content (AvgIpc) is 2.17. The van der Waals surface area contributed by atoms with E-state index in [1.807, 2.05) is 0 Å². The molecule has 2 rings (SSSR count). The van der Waals surface area contributed by atoms with E-state index in [0.717, 1.165) is 0 Å². The molecule has 1 aliphatic rings. The van der Waals surface area contributed by atoms with E-state index in [-0.39, 0.29) is 10.8 Å². The molecule has 0 saturated carbocycles. The molecule has 0 fully saturated rings. The van der Waals surface area contributed by atoms with Gasteiger partial charge < -0.3 is 10.1 Å². The molecule has 0 aliphatic carbocycles. The molecule has 1 N–H and O–H groups in total. The quantitative estimate of drug-likeness (QED) is 0.774. The third kappa shape index (κ3) is 1.98. The minimum atomic E-state index is -3.80. The molecule has 0 aromatic heterocycles. The molecule has 0 spiro atoms. The predicted molar refractivity (Wildman–Crippen MR) is 58.2 cm³/mol. The number of ether oxygens (including phenoxy) is 1. The molecule has 16 heavy (non-hydrogen) atoms. The zero-order valence-electron chi connectivity index (χ0n) is 8.23. The fourth-order valence-electron chi connectivity index (χ4n) is 1.34. The first kappa shape index (κ1) is 11.2. The van der Waals surface area contributed by atoms with Gasteiger partial charge in [0.2, 0.25) is 0 Å². The lowest BCUT2D eigenvalue weighted by molar-refractivity contribution is -0.122. The predicted octanol–water partition coefficient (Wildman–Crippen LogP) is 1.33. The zero-order chi connectivity index (χ0) is 11.9.